The maximum absolute atomic E-state index is 12.6. The lowest BCUT2D eigenvalue weighted by atomic mass is 10.00. The molecule has 2 fully saturated rings. The fourth-order valence-electron chi connectivity index (χ4n) is 3.85. The molecule has 1 heterocycles. The normalized spacial score (nSPS) is 28.6. The Hall–Kier alpha value is -1.39. The summed E-state index contributed by atoms with van der Waals surface area (Å²) in [7, 11) is 0. The molecule has 1 aromatic rings. The zero-order valence-corrected chi connectivity index (χ0v) is 12.6. The van der Waals surface area contributed by atoms with Crippen molar-refractivity contribution in [1.82, 2.24) is 4.90 Å². The topological polar surface area (TPSA) is 43.8 Å². The number of likely N-dealkylation sites (tertiary alicyclic amines) is 1. The average molecular weight is 288 g/mol. The van der Waals surface area contributed by atoms with Crippen molar-refractivity contribution in [3.63, 3.8) is 0 Å². The van der Waals surface area contributed by atoms with E-state index in [0.717, 1.165) is 31.6 Å². The van der Waals surface area contributed by atoms with Gasteiger partial charge in [0.1, 0.15) is 0 Å². The van der Waals surface area contributed by atoms with Gasteiger partial charge in [-0.05, 0) is 37.8 Å². The fourth-order valence-corrected chi connectivity index (χ4v) is 3.85. The summed E-state index contributed by atoms with van der Waals surface area (Å²) in [6.07, 6.45) is 1.88. The second-order valence-electron chi connectivity index (χ2n) is 6.24. The molecule has 1 aliphatic carbocycles. The number of rotatable bonds is 4. The molecule has 1 saturated heterocycles. The second kappa shape index (κ2) is 6.16. The Labute approximate surface area is 126 Å². The summed E-state index contributed by atoms with van der Waals surface area (Å²) in [4.78, 5) is 16.6. The molecular formula is C17H24N2O2. The van der Waals surface area contributed by atoms with Gasteiger partial charge in [0.05, 0.1) is 12.6 Å². The zero-order valence-electron chi connectivity index (χ0n) is 12.6. The molecule has 4 nitrogen and oxygen atoms in total. The number of benzene rings is 1. The molecule has 0 bridgehead atoms. The zero-order chi connectivity index (χ0) is 14.8. The van der Waals surface area contributed by atoms with Crippen LogP contribution in [0.2, 0.25) is 0 Å². The maximum Gasteiger partial charge on any atom is 0.241 e. The quantitative estimate of drug-likeness (QED) is 0.918. The number of fused-ring (bicyclic) bond motifs is 1. The Morgan fingerprint density at radius 3 is 2.71 bits per heavy atom. The number of amides is 1. The van der Waals surface area contributed by atoms with E-state index in [4.69, 9.17) is 0 Å². The van der Waals surface area contributed by atoms with Crippen LogP contribution >= 0.6 is 0 Å². The molecule has 3 atom stereocenters. The van der Waals surface area contributed by atoms with Gasteiger partial charge in [-0.1, -0.05) is 18.2 Å². The van der Waals surface area contributed by atoms with Gasteiger partial charge in [0.15, 0.2) is 0 Å². The first-order valence-electron chi connectivity index (χ1n) is 7.95. The van der Waals surface area contributed by atoms with E-state index < -0.39 is 0 Å². The number of likely N-dealkylation sites (N-methyl/N-ethyl adjacent to an activating group) is 1. The van der Waals surface area contributed by atoms with Gasteiger partial charge >= 0.3 is 0 Å². The summed E-state index contributed by atoms with van der Waals surface area (Å²) < 4.78 is 0. The molecule has 1 aliphatic heterocycles. The summed E-state index contributed by atoms with van der Waals surface area (Å²) in [6, 6.07) is 9.84. The Morgan fingerprint density at radius 1 is 1.29 bits per heavy atom. The molecule has 0 spiro atoms. The molecular weight excluding hydrogens is 264 g/mol. The van der Waals surface area contributed by atoms with Crippen LogP contribution in [-0.2, 0) is 4.79 Å². The molecule has 114 valence electrons. The van der Waals surface area contributed by atoms with Crippen LogP contribution in [0.25, 0.3) is 0 Å². The molecule has 4 heteroatoms. The van der Waals surface area contributed by atoms with E-state index in [9.17, 15) is 9.90 Å². The largest absolute Gasteiger partial charge is 0.393 e. The van der Waals surface area contributed by atoms with Gasteiger partial charge in [-0.3, -0.25) is 9.69 Å². The first-order valence-corrected chi connectivity index (χ1v) is 7.95. The summed E-state index contributed by atoms with van der Waals surface area (Å²) in [6.45, 7) is 4.98. The van der Waals surface area contributed by atoms with Gasteiger partial charge in [0.25, 0.3) is 0 Å². The fraction of sp³-hybridized carbons (Fsp3) is 0.588. The predicted molar refractivity (Wildman–Crippen MR) is 83.1 cm³/mol. The first kappa shape index (κ1) is 14.5. The highest BCUT2D eigenvalue weighted by atomic mass is 16.3. The number of para-hydroxylation sites is 1. The minimum atomic E-state index is -0.161. The van der Waals surface area contributed by atoms with Crippen molar-refractivity contribution in [1.29, 1.82) is 0 Å². The van der Waals surface area contributed by atoms with Gasteiger partial charge < -0.3 is 10.0 Å². The Kier molecular flexibility index (Phi) is 4.27. The highest BCUT2D eigenvalue weighted by molar-refractivity contribution is 5.94. The lowest BCUT2D eigenvalue weighted by Gasteiger charge is -2.25. The molecule has 0 aromatic heterocycles. The molecule has 3 rings (SSSR count). The number of aliphatic hydroxyl groups is 1. The van der Waals surface area contributed by atoms with E-state index in [0.29, 0.717) is 24.9 Å². The van der Waals surface area contributed by atoms with Crippen molar-refractivity contribution in [2.45, 2.75) is 25.9 Å². The van der Waals surface area contributed by atoms with Gasteiger partial charge in [0.2, 0.25) is 5.91 Å². The summed E-state index contributed by atoms with van der Waals surface area (Å²) >= 11 is 0. The van der Waals surface area contributed by atoms with E-state index in [2.05, 4.69) is 4.90 Å². The molecule has 1 saturated carbocycles. The third-order valence-electron chi connectivity index (χ3n) is 4.94. The number of carbonyl (C=O) groups is 1. The van der Waals surface area contributed by atoms with Gasteiger partial charge in [0, 0.05) is 31.2 Å². The summed E-state index contributed by atoms with van der Waals surface area (Å²) in [5.74, 6) is 1.11. The minimum absolute atomic E-state index is 0.151. The molecule has 1 amide bonds. The van der Waals surface area contributed by atoms with Crippen LogP contribution in [0, 0.1) is 11.8 Å². The van der Waals surface area contributed by atoms with Crippen molar-refractivity contribution in [2.75, 3.05) is 31.1 Å². The van der Waals surface area contributed by atoms with E-state index in [-0.39, 0.29) is 12.0 Å². The van der Waals surface area contributed by atoms with E-state index in [1.54, 1.807) is 0 Å². The van der Waals surface area contributed by atoms with Crippen molar-refractivity contribution in [2.24, 2.45) is 11.8 Å². The van der Waals surface area contributed by atoms with Crippen LogP contribution in [-0.4, -0.2) is 48.2 Å². The molecule has 1 aromatic carbocycles. The molecule has 0 radical (unpaired) electrons. The first-order chi connectivity index (χ1) is 10.2. The van der Waals surface area contributed by atoms with Gasteiger partial charge in [-0.25, -0.2) is 0 Å². The number of hydrogen-bond donors (Lipinski definition) is 1. The minimum Gasteiger partial charge on any atom is -0.393 e. The van der Waals surface area contributed by atoms with Crippen molar-refractivity contribution >= 4 is 11.6 Å². The molecule has 21 heavy (non-hydrogen) atoms. The van der Waals surface area contributed by atoms with E-state index in [1.165, 1.54) is 0 Å². The number of nitrogens with zero attached hydrogens (tertiary/aromatic N) is 2. The average Bonchev–Trinajstić information content (AvgIpc) is 3.03. The predicted octanol–water partition coefficient (Wildman–Crippen LogP) is 1.74. The standard InChI is InChI=1S/C17H24N2O2/c1-2-19(14-6-4-3-5-7-14)17(21)12-18-10-13-8-9-16(20)15(13)11-18/h3-7,13,15-16,20H,2,8-12H2,1H3. The van der Waals surface area contributed by atoms with Gasteiger partial charge in [-0.15, -0.1) is 0 Å². The van der Waals surface area contributed by atoms with Crippen molar-refractivity contribution < 1.29 is 9.90 Å². The van der Waals surface area contributed by atoms with Crippen LogP contribution in [0.15, 0.2) is 30.3 Å². The highest BCUT2D eigenvalue weighted by Gasteiger charge is 2.42. The van der Waals surface area contributed by atoms with Crippen LogP contribution in [0.5, 0.6) is 0 Å². The third kappa shape index (κ3) is 2.97. The Balaban J connectivity index is 1.61. The highest BCUT2D eigenvalue weighted by Crippen LogP contribution is 2.37. The second-order valence-corrected chi connectivity index (χ2v) is 6.24. The molecule has 3 unspecified atom stereocenters. The van der Waals surface area contributed by atoms with Gasteiger partial charge in [-0.2, -0.15) is 0 Å². The third-order valence-corrected chi connectivity index (χ3v) is 4.94. The van der Waals surface area contributed by atoms with E-state index in [1.807, 2.05) is 42.2 Å². The number of anilines is 1. The number of carbonyl (C=O) groups excluding carboxylic acids is 1. The summed E-state index contributed by atoms with van der Waals surface area (Å²) in [5, 5.41) is 9.96. The van der Waals surface area contributed by atoms with E-state index >= 15 is 0 Å². The van der Waals surface area contributed by atoms with Crippen LogP contribution in [0.1, 0.15) is 19.8 Å². The molecule has 1 N–H and O–H groups in total. The van der Waals surface area contributed by atoms with Crippen LogP contribution < -0.4 is 4.90 Å². The van der Waals surface area contributed by atoms with Crippen LogP contribution in [0.4, 0.5) is 5.69 Å². The number of aliphatic hydroxyl groups excluding tert-OH is 1. The van der Waals surface area contributed by atoms with Crippen molar-refractivity contribution in [3.8, 4) is 0 Å². The molecule has 2 aliphatic rings. The number of hydrogen-bond acceptors (Lipinski definition) is 3. The Morgan fingerprint density at radius 2 is 2.05 bits per heavy atom. The summed E-state index contributed by atoms with van der Waals surface area (Å²) in [5.41, 5.74) is 0.962. The monoisotopic (exact) mass is 288 g/mol. The van der Waals surface area contributed by atoms with Crippen molar-refractivity contribution in [3.05, 3.63) is 30.3 Å². The Bertz CT molecular complexity index is 491. The smallest absolute Gasteiger partial charge is 0.241 e. The SMILES string of the molecule is CCN(C(=O)CN1CC2CCC(O)C2C1)c1ccccc1. The lowest BCUT2D eigenvalue weighted by molar-refractivity contribution is -0.119. The van der Waals surface area contributed by atoms with Crippen LogP contribution in [0.3, 0.4) is 0 Å². The maximum atomic E-state index is 12.6. The lowest BCUT2D eigenvalue weighted by Crippen LogP contribution is -2.40.